The molecule has 13 nitrogen and oxygen atoms in total. The molecule has 1 unspecified atom stereocenters. The van der Waals surface area contributed by atoms with Gasteiger partial charge in [0, 0.05) is 7.11 Å². The number of rotatable bonds is 6. The van der Waals surface area contributed by atoms with Crippen molar-refractivity contribution in [2.24, 2.45) is 5.14 Å². The van der Waals surface area contributed by atoms with Crippen LogP contribution in [0.3, 0.4) is 0 Å². The molecule has 2 aromatic rings. The predicted octanol–water partition coefficient (Wildman–Crippen LogP) is -2.04. The number of ether oxygens (including phenoxy) is 2. The molecule has 1 saturated heterocycles. The third kappa shape index (κ3) is 3.73. The maximum Gasteiger partial charge on any atom is 0.333 e. The van der Waals surface area contributed by atoms with Gasteiger partial charge in [-0.2, -0.15) is 13.5 Å². The van der Waals surface area contributed by atoms with Gasteiger partial charge in [-0.1, -0.05) is 0 Å². The lowest BCUT2D eigenvalue weighted by atomic mass is 10.1. The second-order valence-corrected chi connectivity index (χ2v) is 7.21. The molecule has 0 aromatic carbocycles. The molecule has 0 aliphatic carbocycles. The Morgan fingerprint density at radius 3 is 2.70 bits per heavy atom. The number of aromatic nitrogens is 4. The second kappa shape index (κ2) is 7.23. The molecule has 0 amide bonds. The lowest BCUT2D eigenvalue weighted by Crippen LogP contribution is -2.35. The lowest BCUT2D eigenvalue weighted by molar-refractivity contribution is -0.0532. The maximum atomic E-state index is 10.9. The average Bonchev–Trinajstić information content (AvgIpc) is 3.12. The van der Waals surface area contributed by atoms with Crippen LogP contribution in [0.25, 0.3) is 11.0 Å². The summed E-state index contributed by atoms with van der Waals surface area (Å²) >= 11 is 0. The highest BCUT2D eigenvalue weighted by Gasteiger charge is 2.45. The molecule has 0 radical (unpaired) electrons. The Morgan fingerprint density at radius 1 is 1.37 bits per heavy atom. The first-order valence-corrected chi connectivity index (χ1v) is 9.31. The standard InChI is InChI=1S/C13H20N6O7S/c1-5(24-2)8-7-11(14)16-4-17-12(7)19(18-8)13-10(21)9(20)6(26-13)3-25-27(15,22)23/h4-6,9-10,13,20-21H,3H2,1-2H3,(H2,14,16,17)(H2,15,22,23)/t5?,6-,9-,10-,13-/m1/s1. The van der Waals surface area contributed by atoms with Crippen molar-refractivity contribution in [3.05, 3.63) is 12.0 Å². The molecule has 6 N–H and O–H groups in total. The average molecular weight is 404 g/mol. The van der Waals surface area contributed by atoms with Gasteiger partial charge < -0.3 is 25.4 Å². The smallest absolute Gasteiger partial charge is 0.333 e. The number of nitrogens with zero attached hydrogens (tertiary/aromatic N) is 4. The number of hydrogen-bond donors (Lipinski definition) is 4. The summed E-state index contributed by atoms with van der Waals surface area (Å²) in [5.41, 5.74) is 6.61. The fraction of sp³-hybridized carbons (Fsp3) is 0.615. The maximum absolute atomic E-state index is 10.9. The fourth-order valence-electron chi connectivity index (χ4n) is 2.83. The summed E-state index contributed by atoms with van der Waals surface area (Å²) in [6, 6.07) is 0. The SMILES string of the molecule is COC(C)c1nn([C@@H]2O[C@H](COS(N)(=O)=O)[C@@H](O)[C@H]2O)c2ncnc(N)c12. The normalized spacial score (nSPS) is 27.3. The van der Waals surface area contributed by atoms with Gasteiger partial charge in [-0.15, -0.1) is 0 Å². The van der Waals surface area contributed by atoms with E-state index in [1.807, 2.05) is 0 Å². The summed E-state index contributed by atoms with van der Waals surface area (Å²) in [5.74, 6) is 0.160. The molecule has 0 bridgehead atoms. The summed E-state index contributed by atoms with van der Waals surface area (Å²) in [7, 11) is -2.75. The molecule has 3 heterocycles. The number of aliphatic hydroxyl groups excluding tert-OH is 2. The van der Waals surface area contributed by atoms with Crippen molar-refractivity contribution in [1.29, 1.82) is 0 Å². The van der Waals surface area contributed by atoms with Gasteiger partial charge in [0.1, 0.15) is 36.2 Å². The molecular weight excluding hydrogens is 384 g/mol. The summed E-state index contributed by atoms with van der Waals surface area (Å²) in [5, 5.41) is 30.1. The van der Waals surface area contributed by atoms with Gasteiger partial charge in [-0.25, -0.2) is 19.8 Å². The molecule has 1 aliphatic heterocycles. The number of aliphatic hydroxyl groups is 2. The molecule has 5 atom stereocenters. The van der Waals surface area contributed by atoms with Crippen molar-refractivity contribution in [1.82, 2.24) is 19.7 Å². The lowest BCUT2D eigenvalue weighted by Gasteiger charge is -2.15. The van der Waals surface area contributed by atoms with Crippen molar-refractivity contribution in [2.45, 2.75) is 37.6 Å². The molecular formula is C13H20N6O7S. The van der Waals surface area contributed by atoms with Gasteiger partial charge in [0.15, 0.2) is 11.9 Å². The van der Waals surface area contributed by atoms with Crippen LogP contribution in [0.15, 0.2) is 6.33 Å². The highest BCUT2D eigenvalue weighted by molar-refractivity contribution is 7.84. The van der Waals surface area contributed by atoms with Crippen molar-refractivity contribution >= 4 is 27.2 Å². The van der Waals surface area contributed by atoms with Crippen molar-refractivity contribution in [3.8, 4) is 0 Å². The van der Waals surface area contributed by atoms with Crippen LogP contribution in [-0.4, -0.2) is 70.4 Å². The monoisotopic (exact) mass is 404 g/mol. The van der Waals surface area contributed by atoms with E-state index in [2.05, 4.69) is 19.2 Å². The van der Waals surface area contributed by atoms with Gasteiger partial charge in [0.2, 0.25) is 0 Å². The van der Waals surface area contributed by atoms with Crippen LogP contribution >= 0.6 is 0 Å². The number of nitrogen functional groups attached to an aromatic ring is 1. The molecule has 0 spiro atoms. The van der Waals surface area contributed by atoms with E-state index in [1.165, 1.54) is 18.1 Å². The van der Waals surface area contributed by atoms with E-state index in [-0.39, 0.29) is 11.5 Å². The first-order chi connectivity index (χ1) is 12.6. The molecule has 27 heavy (non-hydrogen) atoms. The van der Waals surface area contributed by atoms with Gasteiger partial charge >= 0.3 is 10.3 Å². The zero-order valence-corrected chi connectivity index (χ0v) is 15.3. The van der Waals surface area contributed by atoms with E-state index in [4.69, 9.17) is 20.3 Å². The number of nitrogens with two attached hydrogens (primary N) is 2. The fourth-order valence-corrected chi connectivity index (χ4v) is 3.15. The topological polar surface area (TPSA) is 198 Å². The van der Waals surface area contributed by atoms with Crippen LogP contribution in [0.2, 0.25) is 0 Å². The summed E-state index contributed by atoms with van der Waals surface area (Å²) in [6.45, 7) is 1.16. The van der Waals surface area contributed by atoms with E-state index in [0.29, 0.717) is 11.1 Å². The molecule has 0 saturated carbocycles. The van der Waals surface area contributed by atoms with Crippen LogP contribution < -0.4 is 10.9 Å². The number of methoxy groups -OCH3 is 1. The van der Waals surface area contributed by atoms with E-state index in [9.17, 15) is 18.6 Å². The minimum atomic E-state index is -4.23. The molecule has 2 aromatic heterocycles. The Labute approximate surface area is 154 Å². The number of hydrogen-bond acceptors (Lipinski definition) is 11. The van der Waals surface area contributed by atoms with E-state index in [0.717, 1.165) is 0 Å². The van der Waals surface area contributed by atoms with Gasteiger partial charge in [0.05, 0.1) is 18.1 Å². The predicted molar refractivity (Wildman–Crippen MR) is 90.1 cm³/mol. The summed E-state index contributed by atoms with van der Waals surface area (Å²) < 4.78 is 38.4. The van der Waals surface area contributed by atoms with E-state index < -0.39 is 47.6 Å². The van der Waals surface area contributed by atoms with Crippen LogP contribution in [0.1, 0.15) is 24.9 Å². The third-order valence-electron chi connectivity index (χ3n) is 4.26. The first kappa shape index (κ1) is 19.8. The van der Waals surface area contributed by atoms with Crippen molar-refractivity contribution in [3.63, 3.8) is 0 Å². The van der Waals surface area contributed by atoms with Crippen LogP contribution in [0, 0.1) is 0 Å². The summed E-state index contributed by atoms with van der Waals surface area (Å²) in [6.07, 6.45) is -4.47. The van der Waals surface area contributed by atoms with Crippen LogP contribution in [0.4, 0.5) is 5.82 Å². The molecule has 1 aliphatic rings. The highest BCUT2D eigenvalue weighted by Crippen LogP contribution is 2.35. The quantitative estimate of drug-likeness (QED) is 0.413. The Hall–Kier alpha value is -1.94. The number of fused-ring (bicyclic) bond motifs is 1. The highest BCUT2D eigenvalue weighted by atomic mass is 32.2. The number of anilines is 1. The van der Waals surface area contributed by atoms with E-state index >= 15 is 0 Å². The Bertz CT molecular complexity index is 935. The Morgan fingerprint density at radius 2 is 2.07 bits per heavy atom. The van der Waals surface area contributed by atoms with Gasteiger partial charge in [-0.3, -0.25) is 4.18 Å². The minimum Gasteiger partial charge on any atom is -0.387 e. The zero-order chi connectivity index (χ0) is 19.9. The summed E-state index contributed by atoms with van der Waals surface area (Å²) in [4.78, 5) is 8.06. The van der Waals surface area contributed by atoms with Gasteiger partial charge in [0.25, 0.3) is 0 Å². The van der Waals surface area contributed by atoms with Crippen molar-refractivity contribution < 1.29 is 32.3 Å². The van der Waals surface area contributed by atoms with Crippen molar-refractivity contribution in [2.75, 3.05) is 19.5 Å². The molecule has 3 rings (SSSR count). The van der Waals surface area contributed by atoms with Crippen LogP contribution in [-0.2, 0) is 24.0 Å². The Kier molecular flexibility index (Phi) is 5.31. The third-order valence-corrected chi connectivity index (χ3v) is 4.72. The minimum absolute atomic E-state index is 0.160. The van der Waals surface area contributed by atoms with E-state index in [1.54, 1.807) is 6.92 Å². The van der Waals surface area contributed by atoms with Gasteiger partial charge in [-0.05, 0) is 6.92 Å². The second-order valence-electron chi connectivity index (χ2n) is 5.99. The Balaban J connectivity index is 1.99. The molecule has 14 heteroatoms. The largest absolute Gasteiger partial charge is 0.387 e. The molecule has 1 fully saturated rings. The molecule has 150 valence electrons. The first-order valence-electron chi connectivity index (χ1n) is 7.84. The van der Waals surface area contributed by atoms with Crippen LogP contribution in [0.5, 0.6) is 0 Å². The zero-order valence-electron chi connectivity index (χ0n) is 14.5.